The van der Waals surface area contributed by atoms with Crippen LogP contribution < -0.4 is 22.5 Å². The minimum atomic E-state index is -1.71. The van der Waals surface area contributed by atoms with Crippen LogP contribution in [0.2, 0.25) is 0 Å². The van der Waals surface area contributed by atoms with Crippen LogP contribution in [0, 0.1) is 0 Å². The monoisotopic (exact) mass is 319 g/mol. The van der Waals surface area contributed by atoms with Crippen LogP contribution in [-0.4, -0.2) is 17.2 Å². The van der Waals surface area contributed by atoms with Crippen LogP contribution in [0.5, 0.6) is 0 Å². The molecule has 2 rings (SSSR count). The number of benzene rings is 1. The molecule has 0 radical (unpaired) electrons. The van der Waals surface area contributed by atoms with E-state index in [2.05, 4.69) is 4.98 Å². The van der Waals surface area contributed by atoms with Crippen molar-refractivity contribution in [2.75, 3.05) is 0 Å². The molecule has 1 aromatic heterocycles. The van der Waals surface area contributed by atoms with Crippen molar-refractivity contribution < 1.29 is 19.1 Å². The SMILES string of the molecule is CCC(OC(=O)NN)(OC(=O)NN)c1ccnc2ccccc12. The molecule has 0 aliphatic heterocycles. The number of nitrogens with two attached hydrogens (primary N) is 2. The molecule has 122 valence electrons. The number of rotatable bonds is 4. The molecule has 0 bridgehead atoms. The lowest BCUT2D eigenvalue weighted by Crippen LogP contribution is -2.45. The summed E-state index contributed by atoms with van der Waals surface area (Å²) < 4.78 is 10.5. The fourth-order valence-electron chi connectivity index (χ4n) is 2.25. The Morgan fingerprint density at radius 1 is 1.13 bits per heavy atom. The normalized spacial score (nSPS) is 10.9. The smallest absolute Gasteiger partial charge is 0.401 e. The summed E-state index contributed by atoms with van der Waals surface area (Å²) in [6.45, 7) is 1.68. The zero-order chi connectivity index (χ0) is 16.9. The van der Waals surface area contributed by atoms with Crippen LogP contribution >= 0.6 is 0 Å². The molecular weight excluding hydrogens is 302 g/mol. The number of hydrogen-bond donors (Lipinski definition) is 4. The van der Waals surface area contributed by atoms with E-state index >= 15 is 0 Å². The van der Waals surface area contributed by atoms with Crippen molar-refractivity contribution in [1.82, 2.24) is 15.8 Å². The van der Waals surface area contributed by atoms with Crippen LogP contribution in [0.4, 0.5) is 9.59 Å². The van der Waals surface area contributed by atoms with Crippen LogP contribution in [0.3, 0.4) is 0 Å². The zero-order valence-electron chi connectivity index (χ0n) is 12.4. The first-order valence-electron chi connectivity index (χ1n) is 6.79. The average Bonchev–Trinajstić information content (AvgIpc) is 2.60. The van der Waals surface area contributed by atoms with Crippen LogP contribution in [0.25, 0.3) is 10.9 Å². The Hall–Kier alpha value is -2.91. The van der Waals surface area contributed by atoms with E-state index in [4.69, 9.17) is 21.2 Å². The minimum absolute atomic E-state index is 0.127. The molecule has 6 N–H and O–H groups in total. The lowest BCUT2D eigenvalue weighted by atomic mass is 9.98. The van der Waals surface area contributed by atoms with Crippen molar-refractivity contribution >= 4 is 23.1 Å². The fraction of sp³-hybridized carbons (Fsp3) is 0.214. The summed E-state index contributed by atoms with van der Waals surface area (Å²) in [6.07, 6.45) is -0.271. The maximum absolute atomic E-state index is 11.6. The molecule has 1 aromatic carbocycles. The quantitative estimate of drug-likeness (QED) is 0.285. The molecule has 0 aliphatic rings. The third-order valence-electron chi connectivity index (χ3n) is 3.28. The number of hydrogen-bond acceptors (Lipinski definition) is 7. The van der Waals surface area contributed by atoms with Crippen LogP contribution in [0.1, 0.15) is 18.9 Å². The van der Waals surface area contributed by atoms with Gasteiger partial charge in [-0.15, -0.1) is 0 Å². The summed E-state index contributed by atoms with van der Waals surface area (Å²) in [4.78, 5) is 27.5. The van der Waals surface area contributed by atoms with E-state index in [0.29, 0.717) is 16.5 Å². The van der Waals surface area contributed by atoms with Gasteiger partial charge in [-0.1, -0.05) is 25.1 Å². The molecule has 9 heteroatoms. The zero-order valence-corrected chi connectivity index (χ0v) is 12.4. The van der Waals surface area contributed by atoms with Crippen molar-refractivity contribution in [2.24, 2.45) is 11.7 Å². The number of fused-ring (bicyclic) bond motifs is 1. The number of nitrogens with zero attached hydrogens (tertiary/aromatic N) is 1. The highest BCUT2D eigenvalue weighted by molar-refractivity contribution is 5.83. The number of amides is 2. The first-order chi connectivity index (χ1) is 11.1. The van der Waals surface area contributed by atoms with Crippen molar-refractivity contribution in [3.63, 3.8) is 0 Å². The molecule has 2 amide bonds. The summed E-state index contributed by atoms with van der Waals surface area (Å²) in [5.41, 5.74) is 4.78. The number of hydrazine groups is 2. The molecule has 0 spiro atoms. The van der Waals surface area contributed by atoms with Crippen molar-refractivity contribution in [1.29, 1.82) is 0 Å². The van der Waals surface area contributed by atoms with Gasteiger partial charge >= 0.3 is 12.2 Å². The highest BCUT2D eigenvalue weighted by atomic mass is 16.7. The predicted octanol–water partition coefficient (Wildman–Crippen LogP) is 0.997. The molecule has 0 saturated heterocycles. The van der Waals surface area contributed by atoms with Gasteiger partial charge in [-0.3, -0.25) is 15.8 Å². The molecule has 2 aromatic rings. The maximum atomic E-state index is 11.6. The molecule has 23 heavy (non-hydrogen) atoms. The van der Waals surface area contributed by atoms with Gasteiger partial charge in [0.15, 0.2) is 0 Å². The van der Waals surface area contributed by atoms with Gasteiger partial charge in [-0.05, 0) is 12.1 Å². The number of carbonyl (C=O) groups is 2. The Kier molecular flexibility index (Phi) is 4.94. The summed E-state index contributed by atoms with van der Waals surface area (Å²) >= 11 is 0. The molecule has 9 nitrogen and oxygen atoms in total. The lowest BCUT2D eigenvalue weighted by molar-refractivity contribution is -0.171. The lowest BCUT2D eigenvalue weighted by Gasteiger charge is -2.32. The molecule has 0 saturated carbocycles. The van der Waals surface area contributed by atoms with Gasteiger partial charge in [0.2, 0.25) is 0 Å². The van der Waals surface area contributed by atoms with Gasteiger partial charge in [-0.2, -0.15) is 0 Å². The number of ether oxygens (including phenoxy) is 2. The highest BCUT2D eigenvalue weighted by Crippen LogP contribution is 2.35. The number of pyridine rings is 1. The Balaban J connectivity index is 2.62. The van der Waals surface area contributed by atoms with Crippen LogP contribution in [0.15, 0.2) is 36.5 Å². The van der Waals surface area contributed by atoms with Crippen molar-refractivity contribution in [3.8, 4) is 0 Å². The third kappa shape index (κ3) is 3.30. The minimum Gasteiger partial charge on any atom is -0.401 e. The number of carbonyl (C=O) groups excluding carboxylic acids is 2. The molecular formula is C14H17N5O4. The highest BCUT2D eigenvalue weighted by Gasteiger charge is 2.40. The Bertz CT molecular complexity index is 698. The van der Waals surface area contributed by atoms with Gasteiger partial charge in [0.25, 0.3) is 5.79 Å². The molecule has 0 fully saturated rings. The number of para-hydroxylation sites is 1. The Labute approximate surface area is 131 Å². The summed E-state index contributed by atoms with van der Waals surface area (Å²) in [5.74, 6) is 8.43. The van der Waals surface area contributed by atoms with Gasteiger partial charge < -0.3 is 9.47 Å². The third-order valence-corrected chi connectivity index (χ3v) is 3.28. The van der Waals surface area contributed by atoms with E-state index in [1.54, 1.807) is 31.2 Å². The first-order valence-corrected chi connectivity index (χ1v) is 6.79. The number of nitrogens with one attached hydrogen (secondary N) is 2. The largest absolute Gasteiger partial charge is 0.424 e. The molecule has 0 aliphatic carbocycles. The maximum Gasteiger partial charge on any atom is 0.424 e. The Morgan fingerprint density at radius 3 is 2.30 bits per heavy atom. The molecule has 0 unspecified atom stereocenters. The standard InChI is InChI=1S/C14H17N5O4/c1-2-14(22-12(20)18-15,23-13(21)19-16)10-7-8-17-11-6-4-3-5-9(10)11/h3-8H,2,15-16H2,1H3,(H,18,20)(H,19,21). The van der Waals surface area contributed by atoms with E-state index in [9.17, 15) is 9.59 Å². The predicted molar refractivity (Wildman–Crippen MR) is 81.3 cm³/mol. The second-order valence-electron chi connectivity index (χ2n) is 4.55. The summed E-state index contributed by atoms with van der Waals surface area (Å²) in [6, 6.07) is 8.76. The topological polar surface area (TPSA) is 142 Å². The van der Waals surface area contributed by atoms with Gasteiger partial charge in [0.05, 0.1) is 5.52 Å². The average molecular weight is 319 g/mol. The second-order valence-corrected chi connectivity index (χ2v) is 4.55. The summed E-state index contributed by atoms with van der Waals surface area (Å²) in [5, 5.41) is 0.659. The van der Waals surface area contributed by atoms with E-state index in [-0.39, 0.29) is 6.42 Å². The molecule has 0 atom stereocenters. The second kappa shape index (κ2) is 6.90. The Morgan fingerprint density at radius 2 is 1.74 bits per heavy atom. The van der Waals surface area contributed by atoms with E-state index in [0.717, 1.165) is 0 Å². The van der Waals surface area contributed by atoms with Crippen LogP contribution in [-0.2, 0) is 15.3 Å². The number of aromatic nitrogens is 1. The van der Waals surface area contributed by atoms with Crippen molar-refractivity contribution in [3.05, 3.63) is 42.1 Å². The van der Waals surface area contributed by atoms with E-state index < -0.39 is 18.0 Å². The molecule has 1 heterocycles. The first kappa shape index (κ1) is 16.5. The van der Waals surface area contributed by atoms with Crippen molar-refractivity contribution in [2.45, 2.75) is 19.1 Å². The fourth-order valence-corrected chi connectivity index (χ4v) is 2.25. The van der Waals surface area contributed by atoms with E-state index in [1.165, 1.54) is 6.20 Å². The van der Waals surface area contributed by atoms with Gasteiger partial charge in [0.1, 0.15) is 0 Å². The van der Waals surface area contributed by atoms with E-state index in [1.807, 2.05) is 16.9 Å². The van der Waals surface area contributed by atoms with Gasteiger partial charge in [0, 0.05) is 23.6 Å². The van der Waals surface area contributed by atoms with Gasteiger partial charge in [-0.25, -0.2) is 21.3 Å². The summed E-state index contributed by atoms with van der Waals surface area (Å²) in [7, 11) is 0.